The number of benzene rings is 2. The number of carbonyl (C=O) groups excluding carboxylic acids is 2. The highest BCUT2D eigenvalue weighted by atomic mass is 16.5. The highest BCUT2D eigenvalue weighted by Gasteiger charge is 2.44. The van der Waals surface area contributed by atoms with Gasteiger partial charge in [-0.25, -0.2) is 0 Å². The van der Waals surface area contributed by atoms with Gasteiger partial charge in [-0.3, -0.25) is 14.6 Å². The van der Waals surface area contributed by atoms with Crippen molar-refractivity contribution in [3.8, 4) is 17.2 Å². The van der Waals surface area contributed by atoms with Crippen LogP contribution in [0.25, 0.3) is 0 Å². The normalized spacial score (nSPS) is 21.5. The summed E-state index contributed by atoms with van der Waals surface area (Å²) in [6, 6.07) is 12.4. The molecule has 2 aliphatic rings. The number of carbonyl (C=O) groups is 2. The van der Waals surface area contributed by atoms with Crippen molar-refractivity contribution in [1.82, 2.24) is 0 Å². The number of nitrogens with zero attached hydrogens (tertiary/aromatic N) is 1. The summed E-state index contributed by atoms with van der Waals surface area (Å²) in [6.45, 7) is 4.20. The SMILES string of the molecule is CCCCOC(=O)C1C(C)=NC2=C(C(=O)C[C@H](c3ccc(OC)c(OC)c3)C2)[C@@H]1c1ccc(O)cc1. The quantitative estimate of drug-likeness (QED) is 0.396. The maximum Gasteiger partial charge on any atom is 0.315 e. The van der Waals surface area contributed by atoms with Crippen LogP contribution < -0.4 is 9.47 Å². The first-order valence-electron chi connectivity index (χ1n) is 12.4. The van der Waals surface area contributed by atoms with E-state index in [1.807, 2.05) is 32.0 Å². The standard InChI is InChI=1S/C29H33NO6/c1-5-6-13-36-29(33)26-17(2)30-22-14-20(19-9-12-24(34-3)25(16-19)35-4)15-23(32)28(22)27(26)18-7-10-21(31)11-8-18/h7-12,16,20,26-27,31H,5-6,13-15H2,1-4H3/t20-,26?,27-/m1/s1. The molecule has 1 aliphatic heterocycles. The van der Waals surface area contributed by atoms with Crippen molar-refractivity contribution < 1.29 is 28.9 Å². The molecular formula is C29H33NO6. The molecule has 0 amide bonds. The lowest BCUT2D eigenvalue weighted by Gasteiger charge is -2.36. The fraction of sp³-hybridized carbons (Fsp3) is 0.414. The Morgan fingerprint density at radius 1 is 1.03 bits per heavy atom. The number of aromatic hydroxyl groups is 1. The van der Waals surface area contributed by atoms with Crippen LogP contribution in [0.1, 0.15) is 62.5 Å². The van der Waals surface area contributed by atoms with Gasteiger partial charge in [0.1, 0.15) is 11.7 Å². The highest BCUT2D eigenvalue weighted by Crippen LogP contribution is 2.47. The monoisotopic (exact) mass is 491 g/mol. The van der Waals surface area contributed by atoms with Crippen LogP contribution in [-0.4, -0.2) is 43.4 Å². The molecule has 0 spiro atoms. The largest absolute Gasteiger partial charge is 0.508 e. The first-order chi connectivity index (χ1) is 17.4. The minimum atomic E-state index is -0.688. The molecule has 190 valence electrons. The number of phenols is 1. The maximum atomic E-state index is 13.7. The molecule has 1 unspecified atom stereocenters. The molecule has 0 saturated carbocycles. The Labute approximate surface area is 211 Å². The van der Waals surface area contributed by atoms with E-state index in [1.165, 1.54) is 0 Å². The highest BCUT2D eigenvalue weighted by molar-refractivity contribution is 6.09. The van der Waals surface area contributed by atoms with E-state index in [1.54, 1.807) is 38.5 Å². The van der Waals surface area contributed by atoms with E-state index in [2.05, 4.69) is 0 Å². The number of aliphatic imine (C=N–C) groups is 1. The van der Waals surface area contributed by atoms with Gasteiger partial charge < -0.3 is 19.3 Å². The van der Waals surface area contributed by atoms with E-state index >= 15 is 0 Å². The first-order valence-corrected chi connectivity index (χ1v) is 12.4. The van der Waals surface area contributed by atoms with Crippen LogP contribution in [0.3, 0.4) is 0 Å². The minimum absolute atomic E-state index is 0.0308. The fourth-order valence-electron chi connectivity index (χ4n) is 5.16. The van der Waals surface area contributed by atoms with Gasteiger partial charge in [0.25, 0.3) is 0 Å². The first kappa shape index (κ1) is 25.5. The number of ether oxygens (including phenoxy) is 3. The maximum absolute atomic E-state index is 13.7. The number of esters is 1. The number of phenolic OH excluding ortho intramolecular Hbond substituents is 1. The third-order valence-corrected chi connectivity index (χ3v) is 7.02. The number of hydrogen-bond acceptors (Lipinski definition) is 7. The van der Waals surface area contributed by atoms with Gasteiger partial charge in [-0.2, -0.15) is 0 Å². The van der Waals surface area contributed by atoms with Crippen LogP contribution in [0, 0.1) is 5.92 Å². The molecule has 7 nitrogen and oxygen atoms in total. The zero-order chi connectivity index (χ0) is 25.8. The number of hydrogen-bond donors (Lipinski definition) is 1. The Morgan fingerprint density at radius 3 is 2.39 bits per heavy atom. The molecule has 0 fully saturated rings. The Balaban J connectivity index is 1.73. The summed E-state index contributed by atoms with van der Waals surface area (Å²) in [7, 11) is 3.18. The van der Waals surface area contributed by atoms with Gasteiger partial charge in [-0.05, 0) is 61.1 Å². The zero-order valence-corrected chi connectivity index (χ0v) is 21.2. The average molecular weight is 492 g/mol. The van der Waals surface area contributed by atoms with Crippen molar-refractivity contribution in [1.29, 1.82) is 0 Å². The van der Waals surface area contributed by atoms with Crippen molar-refractivity contribution in [3.05, 3.63) is 64.9 Å². The van der Waals surface area contributed by atoms with Gasteiger partial charge in [-0.1, -0.05) is 31.5 Å². The van der Waals surface area contributed by atoms with Crippen molar-refractivity contribution in [2.45, 2.75) is 51.4 Å². The number of methoxy groups -OCH3 is 2. The molecule has 4 rings (SSSR count). The zero-order valence-electron chi connectivity index (χ0n) is 21.2. The second kappa shape index (κ2) is 11.0. The lowest BCUT2D eigenvalue weighted by atomic mass is 9.69. The van der Waals surface area contributed by atoms with Gasteiger partial charge >= 0.3 is 5.97 Å². The third kappa shape index (κ3) is 5.01. The molecule has 1 aliphatic carbocycles. The predicted molar refractivity (Wildman–Crippen MR) is 137 cm³/mol. The van der Waals surface area contributed by atoms with Crippen LogP contribution in [0.2, 0.25) is 0 Å². The second-order valence-corrected chi connectivity index (χ2v) is 9.32. The number of allylic oxidation sites excluding steroid dienone is 2. The number of Topliss-reactive ketones (excluding diaryl/α,β-unsaturated/α-hetero) is 1. The molecule has 2 aromatic rings. The molecule has 2 aromatic carbocycles. The number of unbranched alkanes of at least 4 members (excludes halogenated alkanes) is 1. The van der Waals surface area contributed by atoms with Crippen LogP contribution in [0.15, 0.2) is 58.7 Å². The van der Waals surface area contributed by atoms with Crippen molar-refractivity contribution in [2.75, 3.05) is 20.8 Å². The van der Waals surface area contributed by atoms with E-state index in [0.29, 0.717) is 47.9 Å². The third-order valence-electron chi connectivity index (χ3n) is 7.02. The van der Waals surface area contributed by atoms with E-state index in [4.69, 9.17) is 19.2 Å². The van der Waals surface area contributed by atoms with Gasteiger partial charge in [0, 0.05) is 29.3 Å². The molecule has 36 heavy (non-hydrogen) atoms. The number of ketones is 1. The molecule has 0 radical (unpaired) electrons. The lowest BCUT2D eigenvalue weighted by molar-refractivity contribution is -0.146. The molecular weight excluding hydrogens is 458 g/mol. The molecule has 3 atom stereocenters. The summed E-state index contributed by atoms with van der Waals surface area (Å²) >= 11 is 0. The van der Waals surface area contributed by atoms with E-state index in [0.717, 1.165) is 24.0 Å². The van der Waals surface area contributed by atoms with Gasteiger partial charge in [0.05, 0.1) is 20.8 Å². The minimum Gasteiger partial charge on any atom is -0.508 e. The van der Waals surface area contributed by atoms with Crippen LogP contribution in [0.4, 0.5) is 0 Å². The van der Waals surface area contributed by atoms with E-state index in [-0.39, 0.29) is 23.4 Å². The molecule has 7 heteroatoms. The summed E-state index contributed by atoms with van der Waals surface area (Å²) in [4.78, 5) is 31.7. The summed E-state index contributed by atoms with van der Waals surface area (Å²) in [6.07, 6.45) is 2.56. The van der Waals surface area contributed by atoms with Crippen molar-refractivity contribution in [2.24, 2.45) is 10.9 Å². The number of rotatable bonds is 8. The van der Waals surface area contributed by atoms with Crippen LogP contribution in [-0.2, 0) is 14.3 Å². The van der Waals surface area contributed by atoms with Crippen molar-refractivity contribution >= 4 is 17.5 Å². The predicted octanol–water partition coefficient (Wildman–Crippen LogP) is 5.33. The molecule has 1 N–H and O–H groups in total. The second-order valence-electron chi connectivity index (χ2n) is 9.32. The van der Waals surface area contributed by atoms with Gasteiger partial charge in [0.2, 0.25) is 0 Å². The van der Waals surface area contributed by atoms with E-state index < -0.39 is 11.8 Å². The topological polar surface area (TPSA) is 94.4 Å². The molecule has 0 saturated heterocycles. The van der Waals surface area contributed by atoms with Crippen LogP contribution in [0.5, 0.6) is 17.2 Å². The fourth-order valence-corrected chi connectivity index (χ4v) is 5.16. The summed E-state index contributed by atoms with van der Waals surface area (Å²) in [5, 5.41) is 9.84. The van der Waals surface area contributed by atoms with Crippen molar-refractivity contribution in [3.63, 3.8) is 0 Å². The van der Waals surface area contributed by atoms with E-state index in [9.17, 15) is 14.7 Å². The lowest BCUT2D eigenvalue weighted by Crippen LogP contribution is -2.38. The van der Waals surface area contributed by atoms with Gasteiger partial charge in [-0.15, -0.1) is 0 Å². The molecule has 0 bridgehead atoms. The van der Waals surface area contributed by atoms with Gasteiger partial charge in [0.15, 0.2) is 17.3 Å². The Morgan fingerprint density at radius 2 is 1.72 bits per heavy atom. The summed E-state index contributed by atoms with van der Waals surface area (Å²) < 4.78 is 16.4. The summed E-state index contributed by atoms with van der Waals surface area (Å²) in [5.74, 6) is -0.298. The Kier molecular flexibility index (Phi) is 7.77. The molecule has 0 aromatic heterocycles. The molecule has 1 heterocycles. The average Bonchev–Trinajstić information content (AvgIpc) is 2.87. The Bertz CT molecular complexity index is 1200. The van der Waals surface area contributed by atoms with Crippen LogP contribution >= 0.6 is 0 Å². The smallest absolute Gasteiger partial charge is 0.315 e. The summed E-state index contributed by atoms with van der Waals surface area (Å²) in [5.41, 5.74) is 3.67. The Hall–Kier alpha value is -3.61.